The number of hydrogen-bond acceptors (Lipinski definition) is 1. The molecule has 0 atom stereocenters. The molecule has 12 heavy (non-hydrogen) atoms. The molecule has 0 bridgehead atoms. The van der Waals surface area contributed by atoms with Crippen LogP contribution in [0.4, 0.5) is 0 Å². The van der Waals surface area contributed by atoms with Gasteiger partial charge in [0.05, 0.1) is 6.26 Å². The molecule has 0 saturated carbocycles. The minimum atomic E-state index is 0. The van der Waals surface area contributed by atoms with Crippen LogP contribution in [-0.2, 0) is 6.42 Å². The van der Waals surface area contributed by atoms with Gasteiger partial charge in [-0.2, -0.15) is 0 Å². The van der Waals surface area contributed by atoms with Gasteiger partial charge in [0.2, 0.25) is 0 Å². The monoisotopic (exact) mass is 173 g/mol. The van der Waals surface area contributed by atoms with Gasteiger partial charge in [-0.05, 0) is 24.1 Å². The summed E-state index contributed by atoms with van der Waals surface area (Å²) in [7, 11) is 0. The first-order chi connectivity index (χ1) is 4.97. The Balaban J connectivity index is 0.000000605. The van der Waals surface area contributed by atoms with Crippen molar-refractivity contribution in [3.63, 3.8) is 0 Å². The summed E-state index contributed by atoms with van der Waals surface area (Å²) in [5, 5.41) is 0. The first-order valence-corrected chi connectivity index (χ1v) is 3.36. The average Bonchev–Trinajstić information content (AvgIpc) is 2.05. The van der Waals surface area contributed by atoms with E-state index in [0.717, 1.165) is 12.2 Å². The molecule has 1 heterocycles. The summed E-state index contributed by atoms with van der Waals surface area (Å²) >= 11 is 0. The van der Waals surface area contributed by atoms with Crippen molar-refractivity contribution < 1.29 is 4.74 Å². The topological polar surface area (TPSA) is 39.7 Å². The fourth-order valence-corrected chi connectivity index (χ4v) is 1.08. The number of nitrogens with zero attached hydrogens (tertiary/aromatic N) is 1. The number of para-hydroxylation sites is 1. The number of fused-ring (bicyclic) bond motifs is 1. The van der Waals surface area contributed by atoms with Gasteiger partial charge in [0.15, 0.2) is 0 Å². The molecule has 0 fully saturated rings. The van der Waals surface area contributed by atoms with E-state index in [0.29, 0.717) is 0 Å². The molecule has 0 N–H and O–H groups in total. The van der Waals surface area contributed by atoms with Crippen LogP contribution in [0.5, 0.6) is 5.75 Å². The smallest absolute Gasteiger partial charge is 3.00 e. The van der Waals surface area contributed by atoms with Crippen molar-refractivity contribution in [2.75, 3.05) is 0 Å². The van der Waals surface area contributed by atoms with Gasteiger partial charge in [-0.25, -0.2) is 0 Å². The van der Waals surface area contributed by atoms with Gasteiger partial charge < -0.3 is 10.9 Å². The molecule has 0 amide bonds. The second kappa shape index (κ2) is 5.00. The van der Waals surface area contributed by atoms with Crippen molar-refractivity contribution in [1.29, 1.82) is 0 Å². The first-order valence-electron chi connectivity index (χ1n) is 3.36. The molecule has 0 aliphatic carbocycles. The van der Waals surface area contributed by atoms with Crippen molar-refractivity contribution in [1.82, 2.24) is 0 Å². The molecule has 0 unspecified atom stereocenters. The van der Waals surface area contributed by atoms with E-state index in [1.54, 1.807) is 6.26 Å². The number of ether oxygens (including phenoxy) is 1. The first kappa shape index (κ1) is 11.3. The summed E-state index contributed by atoms with van der Waals surface area (Å²) in [6.45, 7) is 0. The van der Waals surface area contributed by atoms with E-state index in [2.05, 4.69) is 6.07 Å². The maximum atomic E-state index is 5.24. The van der Waals surface area contributed by atoms with Crippen LogP contribution in [0.1, 0.15) is 5.56 Å². The molecule has 1 aliphatic rings. The average molecular weight is 173 g/mol. The molecular weight excluding hydrogens is 165 g/mol. The maximum Gasteiger partial charge on any atom is 3.00 e. The fourth-order valence-electron chi connectivity index (χ4n) is 1.08. The van der Waals surface area contributed by atoms with Gasteiger partial charge in [-0.15, -0.1) is 0 Å². The summed E-state index contributed by atoms with van der Waals surface area (Å²) < 4.78 is 5.24. The third-order valence-corrected chi connectivity index (χ3v) is 1.60. The Hall–Kier alpha value is -0.748. The molecule has 2 nitrogen and oxygen atoms in total. The Bertz CT molecular complexity index is 246. The third-order valence-electron chi connectivity index (χ3n) is 1.60. The molecule has 2 rings (SSSR count). The number of rotatable bonds is 0. The van der Waals surface area contributed by atoms with E-state index in [4.69, 9.17) is 4.74 Å². The van der Waals surface area contributed by atoms with Gasteiger partial charge in [-0.1, -0.05) is 18.2 Å². The minimum absolute atomic E-state index is 0. The molecule has 0 saturated heterocycles. The maximum absolute atomic E-state index is 5.24. The largest absolute Gasteiger partial charge is 3.00 e. The second-order valence-electron chi connectivity index (χ2n) is 2.30. The predicted molar refractivity (Wildman–Crippen MR) is 49.0 cm³/mol. The molecule has 1 aromatic carbocycles. The van der Waals surface area contributed by atoms with E-state index in [1.807, 2.05) is 24.3 Å². The van der Waals surface area contributed by atoms with Crippen molar-refractivity contribution in [3.8, 4) is 5.75 Å². The van der Waals surface area contributed by atoms with Crippen LogP contribution in [0, 0.1) is 0 Å². The van der Waals surface area contributed by atoms with E-state index >= 15 is 0 Å². The SMILES string of the molecule is C1=COc2ccccc2C1.[Al+3].[N-3]. The van der Waals surface area contributed by atoms with E-state index in [-0.39, 0.29) is 23.5 Å². The van der Waals surface area contributed by atoms with Crippen molar-refractivity contribution >= 4 is 17.4 Å². The van der Waals surface area contributed by atoms with Crippen LogP contribution in [0.15, 0.2) is 36.6 Å². The van der Waals surface area contributed by atoms with Crippen molar-refractivity contribution in [2.45, 2.75) is 6.42 Å². The molecule has 0 spiro atoms. The van der Waals surface area contributed by atoms with Crippen LogP contribution in [0.3, 0.4) is 0 Å². The third kappa shape index (κ3) is 2.12. The van der Waals surface area contributed by atoms with Crippen LogP contribution in [-0.4, -0.2) is 17.4 Å². The summed E-state index contributed by atoms with van der Waals surface area (Å²) in [6.07, 6.45) is 4.75. The number of allylic oxidation sites excluding steroid dienone is 1. The van der Waals surface area contributed by atoms with Gasteiger partial charge in [0.1, 0.15) is 5.75 Å². The summed E-state index contributed by atoms with van der Waals surface area (Å²) in [5.74, 6) is 0.991. The second-order valence-corrected chi connectivity index (χ2v) is 2.30. The van der Waals surface area contributed by atoms with E-state index in [9.17, 15) is 0 Å². The Labute approximate surface area is 83.0 Å². The Morgan fingerprint density at radius 1 is 1.17 bits per heavy atom. The zero-order valence-electron chi connectivity index (χ0n) is 6.60. The predicted octanol–water partition coefficient (Wildman–Crippen LogP) is 2.04. The van der Waals surface area contributed by atoms with Crippen molar-refractivity contribution in [3.05, 3.63) is 48.3 Å². The fraction of sp³-hybridized carbons (Fsp3) is 0.111. The molecule has 58 valence electrons. The standard InChI is InChI=1S/C9H8O.Al.N/c1-2-6-9-8(4-1)5-3-7-10-9;;/h1-4,6-7H,5H2;;/q;+3;-3. The van der Waals surface area contributed by atoms with Gasteiger partial charge >= 0.3 is 17.4 Å². The number of benzene rings is 1. The molecule has 1 aromatic rings. The molecular formula is C9H8AlNO. The zero-order chi connectivity index (χ0) is 6.81. The molecule has 1 aliphatic heterocycles. The normalized spacial score (nSPS) is 11.7. The van der Waals surface area contributed by atoms with Gasteiger partial charge in [0, 0.05) is 0 Å². The summed E-state index contributed by atoms with van der Waals surface area (Å²) in [6, 6.07) is 8.08. The van der Waals surface area contributed by atoms with Gasteiger partial charge in [0.25, 0.3) is 0 Å². The van der Waals surface area contributed by atoms with Crippen LogP contribution in [0.2, 0.25) is 0 Å². The van der Waals surface area contributed by atoms with Crippen LogP contribution < -0.4 is 4.74 Å². The van der Waals surface area contributed by atoms with Crippen LogP contribution >= 0.6 is 0 Å². The summed E-state index contributed by atoms with van der Waals surface area (Å²) in [4.78, 5) is 0. The quantitative estimate of drug-likeness (QED) is 0.553. The minimum Gasteiger partial charge on any atom is -3.00 e. The molecule has 3 heteroatoms. The van der Waals surface area contributed by atoms with E-state index < -0.39 is 0 Å². The Morgan fingerprint density at radius 2 is 1.92 bits per heavy atom. The molecule has 0 aromatic heterocycles. The van der Waals surface area contributed by atoms with Crippen molar-refractivity contribution in [2.24, 2.45) is 0 Å². The number of hydrogen-bond donors (Lipinski definition) is 0. The van der Waals surface area contributed by atoms with E-state index in [1.165, 1.54) is 5.56 Å². The molecule has 0 radical (unpaired) electrons. The van der Waals surface area contributed by atoms with Gasteiger partial charge in [-0.3, -0.25) is 0 Å². The zero-order valence-corrected chi connectivity index (χ0v) is 7.76. The Morgan fingerprint density at radius 3 is 2.67 bits per heavy atom. The summed E-state index contributed by atoms with van der Waals surface area (Å²) in [5.41, 5.74) is 1.27. The Kier molecular flexibility index (Phi) is 4.69. The van der Waals surface area contributed by atoms with Crippen LogP contribution in [0.25, 0.3) is 6.15 Å².